The van der Waals surface area contributed by atoms with Crippen LogP contribution in [0.4, 0.5) is 4.39 Å². The van der Waals surface area contributed by atoms with Gasteiger partial charge in [0, 0.05) is 11.8 Å². The summed E-state index contributed by atoms with van der Waals surface area (Å²) in [4.78, 5) is 24.2. The van der Waals surface area contributed by atoms with Crippen molar-refractivity contribution in [2.24, 2.45) is 5.73 Å². The molecule has 0 spiro atoms. The molecule has 0 saturated heterocycles. The second-order valence-corrected chi connectivity index (χ2v) is 7.65. The maximum atomic E-state index is 13.3. The number of rotatable bonds is 8. The molecule has 0 aliphatic heterocycles. The van der Waals surface area contributed by atoms with Gasteiger partial charge in [-0.05, 0) is 36.8 Å². The van der Waals surface area contributed by atoms with Gasteiger partial charge < -0.3 is 19.8 Å². The highest BCUT2D eigenvalue weighted by Crippen LogP contribution is 2.27. The van der Waals surface area contributed by atoms with E-state index >= 15 is 0 Å². The van der Waals surface area contributed by atoms with E-state index in [9.17, 15) is 27.5 Å². The number of phenolic OH excluding ortho intramolecular Hbond substituents is 1. The SMILES string of the molecule is CC/C(N)=C(/C=C(\C(=O)c1ccc(F)cc1O)S(=O)(=O)Oc1ccccc1)C(=O)OC. The minimum absolute atomic E-state index is 0.0459. The lowest BCUT2D eigenvalue weighted by molar-refractivity contribution is -0.135. The molecular formula is C21H20FNO7S. The van der Waals surface area contributed by atoms with E-state index in [0.717, 1.165) is 19.2 Å². The van der Waals surface area contributed by atoms with Crippen LogP contribution < -0.4 is 9.92 Å². The van der Waals surface area contributed by atoms with Crippen molar-refractivity contribution in [1.29, 1.82) is 0 Å². The molecule has 0 amide bonds. The Morgan fingerprint density at radius 2 is 1.81 bits per heavy atom. The molecule has 0 unspecified atom stereocenters. The Balaban J connectivity index is 2.72. The van der Waals surface area contributed by atoms with E-state index in [2.05, 4.69) is 4.74 Å². The Morgan fingerprint density at radius 3 is 2.35 bits per heavy atom. The molecule has 31 heavy (non-hydrogen) atoms. The normalized spacial score (nSPS) is 12.7. The zero-order valence-electron chi connectivity index (χ0n) is 16.7. The number of aromatic hydroxyl groups is 1. The molecule has 0 fully saturated rings. The van der Waals surface area contributed by atoms with Crippen molar-refractivity contribution in [2.45, 2.75) is 13.3 Å². The Labute approximate surface area is 178 Å². The van der Waals surface area contributed by atoms with Gasteiger partial charge in [-0.2, -0.15) is 8.42 Å². The highest BCUT2D eigenvalue weighted by atomic mass is 32.2. The van der Waals surface area contributed by atoms with Gasteiger partial charge >= 0.3 is 16.1 Å². The molecule has 10 heteroatoms. The Kier molecular flexibility index (Phi) is 7.54. The number of benzene rings is 2. The number of hydrogen-bond donors (Lipinski definition) is 2. The first kappa shape index (κ1) is 23.6. The molecule has 0 atom stereocenters. The molecule has 0 heterocycles. The molecule has 2 rings (SSSR count). The van der Waals surface area contributed by atoms with Crippen LogP contribution in [0.5, 0.6) is 11.5 Å². The number of phenols is 1. The van der Waals surface area contributed by atoms with E-state index in [-0.39, 0.29) is 23.4 Å². The number of carbonyl (C=O) groups is 2. The molecular weight excluding hydrogens is 429 g/mol. The van der Waals surface area contributed by atoms with E-state index < -0.39 is 43.9 Å². The Bertz CT molecular complexity index is 1160. The summed E-state index contributed by atoms with van der Waals surface area (Å²) in [7, 11) is -3.76. The maximum Gasteiger partial charge on any atom is 0.343 e. The quantitative estimate of drug-likeness (QED) is 0.207. The van der Waals surface area contributed by atoms with Crippen molar-refractivity contribution in [3.63, 3.8) is 0 Å². The molecule has 164 valence electrons. The highest BCUT2D eigenvalue weighted by molar-refractivity contribution is 7.92. The monoisotopic (exact) mass is 449 g/mol. The lowest BCUT2D eigenvalue weighted by Gasteiger charge is -2.12. The summed E-state index contributed by atoms with van der Waals surface area (Å²) < 4.78 is 48.9. The summed E-state index contributed by atoms with van der Waals surface area (Å²) in [6.45, 7) is 1.61. The van der Waals surface area contributed by atoms with Crippen LogP contribution in [0.1, 0.15) is 23.7 Å². The molecule has 0 aliphatic carbocycles. The number of Topliss-reactive ketones (excluding diaryl/α,β-unsaturated/α-hetero) is 1. The second-order valence-electron chi connectivity index (χ2n) is 6.13. The number of ether oxygens (including phenoxy) is 1. The Morgan fingerprint density at radius 1 is 1.16 bits per heavy atom. The molecule has 2 aromatic carbocycles. The molecule has 2 aromatic rings. The van der Waals surface area contributed by atoms with Crippen molar-refractivity contribution < 1.29 is 36.4 Å². The fourth-order valence-corrected chi connectivity index (χ4v) is 3.50. The van der Waals surface area contributed by atoms with Crippen molar-refractivity contribution in [2.75, 3.05) is 7.11 Å². The van der Waals surface area contributed by atoms with E-state index in [1.54, 1.807) is 13.0 Å². The Hall–Kier alpha value is -3.66. The van der Waals surface area contributed by atoms with Crippen LogP contribution in [0, 0.1) is 5.82 Å². The van der Waals surface area contributed by atoms with Crippen LogP contribution in [0.3, 0.4) is 0 Å². The first-order valence-electron chi connectivity index (χ1n) is 8.92. The fraction of sp³-hybridized carbons (Fsp3) is 0.143. The predicted octanol–water partition coefficient (Wildman–Crippen LogP) is 2.80. The van der Waals surface area contributed by atoms with Gasteiger partial charge in [-0.3, -0.25) is 4.79 Å². The van der Waals surface area contributed by atoms with E-state index in [1.807, 2.05) is 0 Å². The standard InChI is InChI=1S/C21H20FNO7S/c1-3-17(23)16(21(26)29-2)12-19(20(25)15-10-9-13(22)11-18(15)24)31(27,28)30-14-7-5-4-6-8-14/h4-12,24H,3,23H2,1-2H3/b17-16+,19-12+. The zero-order valence-corrected chi connectivity index (χ0v) is 17.5. The minimum Gasteiger partial charge on any atom is -0.507 e. The van der Waals surface area contributed by atoms with Gasteiger partial charge in [0.25, 0.3) is 0 Å². The number of nitrogens with two attached hydrogens (primary N) is 1. The smallest absolute Gasteiger partial charge is 0.343 e. The molecule has 0 aliphatic rings. The van der Waals surface area contributed by atoms with E-state index in [0.29, 0.717) is 12.1 Å². The molecule has 0 saturated carbocycles. The molecule has 0 aromatic heterocycles. The van der Waals surface area contributed by atoms with Crippen LogP contribution in [0.15, 0.2) is 70.8 Å². The largest absolute Gasteiger partial charge is 0.507 e. The fourth-order valence-electron chi connectivity index (χ4n) is 2.44. The average Bonchev–Trinajstić information content (AvgIpc) is 2.73. The van der Waals surface area contributed by atoms with Gasteiger partial charge in [-0.15, -0.1) is 0 Å². The van der Waals surface area contributed by atoms with E-state index in [1.165, 1.54) is 24.3 Å². The summed E-state index contributed by atoms with van der Waals surface area (Å²) in [6.07, 6.45) is 0.859. The first-order chi connectivity index (χ1) is 14.6. The number of ketones is 1. The van der Waals surface area contributed by atoms with Crippen LogP contribution in [-0.4, -0.2) is 32.4 Å². The third kappa shape index (κ3) is 5.70. The van der Waals surface area contributed by atoms with Crippen LogP contribution in [0.25, 0.3) is 0 Å². The van der Waals surface area contributed by atoms with Crippen molar-refractivity contribution >= 4 is 21.9 Å². The number of halogens is 1. The number of para-hydroxylation sites is 1. The summed E-state index contributed by atoms with van der Waals surface area (Å²) in [6, 6.07) is 9.74. The molecule has 0 bridgehead atoms. The van der Waals surface area contributed by atoms with Gasteiger partial charge in [0.05, 0.1) is 18.2 Å². The molecule has 8 nitrogen and oxygen atoms in total. The van der Waals surface area contributed by atoms with Gasteiger partial charge in [-0.25, -0.2) is 9.18 Å². The van der Waals surface area contributed by atoms with Crippen molar-refractivity contribution in [3.05, 3.63) is 82.2 Å². The lowest BCUT2D eigenvalue weighted by Crippen LogP contribution is -2.21. The predicted molar refractivity (Wildman–Crippen MR) is 110 cm³/mol. The van der Waals surface area contributed by atoms with Crippen molar-refractivity contribution in [3.8, 4) is 11.5 Å². The van der Waals surface area contributed by atoms with Gasteiger partial charge in [-0.1, -0.05) is 25.1 Å². The first-order valence-corrected chi connectivity index (χ1v) is 10.3. The maximum absolute atomic E-state index is 13.3. The number of carbonyl (C=O) groups excluding carboxylic acids is 2. The topological polar surface area (TPSA) is 133 Å². The molecule has 0 radical (unpaired) electrons. The third-order valence-electron chi connectivity index (χ3n) is 4.05. The summed E-state index contributed by atoms with van der Waals surface area (Å²) in [5.74, 6) is -3.95. The van der Waals surface area contributed by atoms with Crippen LogP contribution >= 0.6 is 0 Å². The number of hydrogen-bond acceptors (Lipinski definition) is 8. The van der Waals surface area contributed by atoms with Crippen molar-refractivity contribution in [1.82, 2.24) is 0 Å². The minimum atomic E-state index is -4.82. The summed E-state index contributed by atoms with van der Waals surface area (Å²) >= 11 is 0. The summed E-state index contributed by atoms with van der Waals surface area (Å²) in [5.41, 5.74) is 4.87. The van der Waals surface area contributed by atoms with Gasteiger partial charge in [0.2, 0.25) is 5.78 Å². The van der Waals surface area contributed by atoms with Crippen LogP contribution in [0.2, 0.25) is 0 Å². The highest BCUT2D eigenvalue weighted by Gasteiger charge is 2.31. The number of esters is 1. The average molecular weight is 449 g/mol. The second kappa shape index (κ2) is 9.90. The number of allylic oxidation sites excluding steroid dienone is 2. The third-order valence-corrected chi connectivity index (χ3v) is 5.31. The number of methoxy groups -OCH3 is 1. The zero-order chi connectivity index (χ0) is 23.2. The van der Waals surface area contributed by atoms with Gasteiger partial charge in [0.1, 0.15) is 17.3 Å². The van der Waals surface area contributed by atoms with E-state index in [4.69, 9.17) is 9.92 Å². The van der Waals surface area contributed by atoms with Crippen LogP contribution in [-0.2, 0) is 19.6 Å². The van der Waals surface area contributed by atoms with Gasteiger partial charge in [0.15, 0.2) is 4.91 Å². The summed E-state index contributed by atoms with van der Waals surface area (Å²) in [5, 5.41) is 9.96. The lowest BCUT2D eigenvalue weighted by atomic mass is 10.1. The molecule has 3 N–H and O–H groups in total.